The van der Waals surface area contributed by atoms with Crippen LogP contribution >= 0.6 is 0 Å². The van der Waals surface area contributed by atoms with Crippen molar-refractivity contribution >= 4 is 12.2 Å². The number of rotatable bonds is 2. The summed E-state index contributed by atoms with van der Waals surface area (Å²) in [6.07, 6.45) is 1.19. The smallest absolute Gasteiger partial charge is 0.152 e. The molecule has 0 fully saturated rings. The van der Waals surface area contributed by atoms with Gasteiger partial charge in [0.15, 0.2) is 5.82 Å². The van der Waals surface area contributed by atoms with Crippen LogP contribution in [-0.4, -0.2) is 21.3 Å². The molecule has 0 aliphatic carbocycles. The summed E-state index contributed by atoms with van der Waals surface area (Å²) in [6.45, 7) is 1.88. The molecule has 2 N–H and O–H groups in total. The van der Waals surface area contributed by atoms with Crippen molar-refractivity contribution in [3.63, 3.8) is 0 Å². The Kier molecular flexibility index (Phi) is 2.22. The number of hydroxylamine groups is 1. The predicted molar refractivity (Wildman–Crippen MR) is 41.0 cm³/mol. The van der Waals surface area contributed by atoms with Gasteiger partial charge in [0.25, 0.3) is 0 Å². The molecule has 1 heterocycles. The molecule has 0 spiro atoms. The molecular formula is C6H10N4O. The van der Waals surface area contributed by atoms with Gasteiger partial charge in [0.2, 0.25) is 0 Å². The monoisotopic (exact) mass is 154 g/mol. The fourth-order valence-corrected chi connectivity index (χ4v) is 0.813. The van der Waals surface area contributed by atoms with Crippen LogP contribution in [0.2, 0.25) is 0 Å². The maximum atomic E-state index is 8.20. The zero-order valence-electron chi connectivity index (χ0n) is 6.44. The second-order valence-corrected chi connectivity index (χ2v) is 2.15. The van der Waals surface area contributed by atoms with E-state index in [0.717, 1.165) is 5.69 Å². The summed E-state index contributed by atoms with van der Waals surface area (Å²) in [5.41, 5.74) is 2.72. The van der Waals surface area contributed by atoms with E-state index >= 15 is 0 Å². The van der Waals surface area contributed by atoms with Crippen LogP contribution in [0.15, 0.2) is 11.1 Å². The highest BCUT2D eigenvalue weighted by atomic mass is 16.5. The van der Waals surface area contributed by atoms with Gasteiger partial charge < -0.3 is 0 Å². The molecule has 11 heavy (non-hydrogen) atoms. The summed E-state index contributed by atoms with van der Waals surface area (Å²) in [4.78, 5) is 3.86. The van der Waals surface area contributed by atoms with Gasteiger partial charge in [-0.2, -0.15) is 5.10 Å². The molecule has 1 aromatic rings. The molecule has 0 saturated heterocycles. The molecule has 60 valence electrons. The third-order valence-electron chi connectivity index (χ3n) is 1.23. The van der Waals surface area contributed by atoms with Gasteiger partial charge in [0, 0.05) is 13.1 Å². The van der Waals surface area contributed by atoms with Crippen molar-refractivity contribution in [2.75, 3.05) is 0 Å². The van der Waals surface area contributed by atoms with Crippen molar-refractivity contribution in [3.8, 4) is 0 Å². The van der Waals surface area contributed by atoms with Gasteiger partial charge >= 0.3 is 0 Å². The molecule has 5 nitrogen and oxygen atoms in total. The van der Waals surface area contributed by atoms with Crippen LogP contribution in [0.5, 0.6) is 0 Å². The third-order valence-corrected chi connectivity index (χ3v) is 1.23. The van der Waals surface area contributed by atoms with E-state index in [2.05, 4.69) is 10.1 Å². The van der Waals surface area contributed by atoms with E-state index in [9.17, 15) is 0 Å². The van der Waals surface area contributed by atoms with Crippen molar-refractivity contribution in [1.29, 1.82) is 0 Å². The number of nitrogens with zero attached hydrogens (tertiary/aromatic N) is 3. The van der Waals surface area contributed by atoms with Crippen LogP contribution in [-0.2, 0) is 7.05 Å². The molecule has 0 radical (unpaired) electrons. The Hall–Kier alpha value is -1.36. The normalized spacial score (nSPS) is 10.8. The Labute approximate surface area is 64.3 Å². The number of hydrogen-bond acceptors (Lipinski definition) is 3. The first-order valence-corrected chi connectivity index (χ1v) is 3.17. The van der Waals surface area contributed by atoms with Gasteiger partial charge in [-0.25, -0.2) is 4.99 Å². The van der Waals surface area contributed by atoms with Crippen LogP contribution in [0.25, 0.3) is 0 Å². The number of aliphatic imine (C=N–C) groups is 1. The van der Waals surface area contributed by atoms with Crippen molar-refractivity contribution in [1.82, 2.24) is 15.3 Å². The average Bonchev–Trinajstić information content (AvgIpc) is 2.26. The predicted octanol–water partition coefficient (Wildman–Crippen LogP) is 0.367. The highest BCUT2D eigenvalue weighted by Crippen LogP contribution is 2.10. The maximum absolute atomic E-state index is 8.20. The van der Waals surface area contributed by atoms with Crippen molar-refractivity contribution in [2.45, 2.75) is 6.92 Å². The maximum Gasteiger partial charge on any atom is 0.152 e. The molecular weight excluding hydrogens is 144 g/mol. The second-order valence-electron chi connectivity index (χ2n) is 2.15. The summed E-state index contributed by atoms with van der Waals surface area (Å²) < 4.78 is 1.63. The van der Waals surface area contributed by atoms with Crippen LogP contribution in [0.4, 0.5) is 5.82 Å². The SMILES string of the molecule is Cc1cc(/N=C/NO)n(C)n1. The first kappa shape index (κ1) is 7.74. The molecule has 0 bridgehead atoms. The summed E-state index contributed by atoms with van der Waals surface area (Å²) in [7, 11) is 1.79. The molecule has 1 rings (SSSR count). The van der Waals surface area contributed by atoms with E-state index in [1.165, 1.54) is 6.34 Å². The van der Waals surface area contributed by atoms with Gasteiger partial charge in [-0.3, -0.25) is 15.4 Å². The molecule has 0 amide bonds. The lowest BCUT2D eigenvalue weighted by molar-refractivity contribution is 0.240. The number of hydrogen-bond donors (Lipinski definition) is 2. The quantitative estimate of drug-likeness (QED) is 0.367. The van der Waals surface area contributed by atoms with Crippen LogP contribution < -0.4 is 5.48 Å². The summed E-state index contributed by atoms with van der Waals surface area (Å²) in [6, 6.07) is 1.81. The lowest BCUT2D eigenvalue weighted by Crippen LogP contribution is -2.01. The summed E-state index contributed by atoms with van der Waals surface area (Å²) in [5.74, 6) is 0.698. The second kappa shape index (κ2) is 3.16. The van der Waals surface area contributed by atoms with Crippen LogP contribution in [0.1, 0.15) is 5.69 Å². The standard InChI is InChI=1S/C6H10N4O/c1-5-3-6(7-4-8-11)10(2)9-5/h3-4,11H,1-2H3,(H,7,8). The van der Waals surface area contributed by atoms with Crippen molar-refractivity contribution in [3.05, 3.63) is 11.8 Å². The van der Waals surface area contributed by atoms with E-state index in [0.29, 0.717) is 5.82 Å². The minimum atomic E-state index is 0.698. The number of aromatic nitrogens is 2. The molecule has 0 aliphatic rings. The zero-order valence-corrected chi connectivity index (χ0v) is 6.44. The first-order chi connectivity index (χ1) is 5.24. The number of nitrogens with one attached hydrogen (secondary N) is 1. The molecule has 5 heteroatoms. The first-order valence-electron chi connectivity index (χ1n) is 3.17. The molecule has 0 aromatic carbocycles. The molecule has 0 aliphatic heterocycles. The Morgan fingerprint density at radius 1 is 1.82 bits per heavy atom. The lowest BCUT2D eigenvalue weighted by atomic mass is 10.5. The minimum Gasteiger partial charge on any atom is -0.290 e. The van der Waals surface area contributed by atoms with Crippen molar-refractivity contribution < 1.29 is 5.21 Å². The molecule has 0 saturated carbocycles. The summed E-state index contributed by atoms with van der Waals surface area (Å²) >= 11 is 0. The van der Waals surface area contributed by atoms with Gasteiger partial charge in [-0.15, -0.1) is 0 Å². The molecule has 0 atom stereocenters. The van der Waals surface area contributed by atoms with Crippen LogP contribution in [0, 0.1) is 6.92 Å². The molecule has 1 aromatic heterocycles. The van der Waals surface area contributed by atoms with Crippen LogP contribution in [0.3, 0.4) is 0 Å². The van der Waals surface area contributed by atoms with Crippen molar-refractivity contribution in [2.24, 2.45) is 12.0 Å². The Bertz CT molecular complexity index is 266. The topological polar surface area (TPSA) is 62.4 Å². The Morgan fingerprint density at radius 2 is 2.55 bits per heavy atom. The highest BCUT2D eigenvalue weighted by molar-refractivity contribution is 5.57. The highest BCUT2D eigenvalue weighted by Gasteiger charge is 1.96. The Balaban J connectivity index is 2.85. The van der Waals surface area contributed by atoms with E-state index < -0.39 is 0 Å². The zero-order chi connectivity index (χ0) is 8.27. The fraction of sp³-hybridized carbons (Fsp3) is 0.333. The van der Waals surface area contributed by atoms with Gasteiger partial charge in [-0.1, -0.05) is 0 Å². The molecule has 0 unspecified atom stereocenters. The van der Waals surface area contributed by atoms with E-state index in [-0.39, 0.29) is 0 Å². The lowest BCUT2D eigenvalue weighted by Gasteiger charge is -1.91. The largest absolute Gasteiger partial charge is 0.290 e. The minimum absolute atomic E-state index is 0.698. The van der Waals surface area contributed by atoms with E-state index in [1.807, 2.05) is 18.5 Å². The third kappa shape index (κ3) is 1.78. The fourth-order valence-electron chi connectivity index (χ4n) is 0.813. The number of aryl methyl sites for hydroxylation is 2. The van der Waals surface area contributed by atoms with E-state index in [4.69, 9.17) is 5.21 Å². The van der Waals surface area contributed by atoms with Gasteiger partial charge in [0.1, 0.15) is 6.34 Å². The summed E-state index contributed by atoms with van der Waals surface area (Å²) in [5, 5.41) is 12.3. The van der Waals surface area contributed by atoms with E-state index in [1.54, 1.807) is 11.7 Å². The van der Waals surface area contributed by atoms with Gasteiger partial charge in [0.05, 0.1) is 5.69 Å². The van der Waals surface area contributed by atoms with Gasteiger partial charge in [-0.05, 0) is 6.92 Å². The average molecular weight is 154 g/mol. The Morgan fingerprint density at radius 3 is 3.00 bits per heavy atom.